The summed E-state index contributed by atoms with van der Waals surface area (Å²) >= 11 is 0. The van der Waals surface area contributed by atoms with Gasteiger partial charge in [0, 0.05) is 30.2 Å². The number of hydrogen-bond acceptors (Lipinski definition) is 4. The predicted molar refractivity (Wildman–Crippen MR) is 82.7 cm³/mol. The van der Waals surface area contributed by atoms with E-state index < -0.39 is 0 Å². The Morgan fingerprint density at radius 2 is 2.23 bits per heavy atom. The van der Waals surface area contributed by atoms with Gasteiger partial charge in [0.05, 0.1) is 6.20 Å². The Morgan fingerprint density at radius 3 is 3.00 bits per heavy atom. The molecule has 1 N–H and O–H groups in total. The van der Waals surface area contributed by atoms with E-state index in [4.69, 9.17) is 4.42 Å². The summed E-state index contributed by atoms with van der Waals surface area (Å²) in [5.41, 5.74) is 2.75. The molecule has 0 radical (unpaired) electrons. The van der Waals surface area contributed by atoms with Crippen molar-refractivity contribution >= 4 is 16.9 Å². The molecule has 1 amide bonds. The highest BCUT2D eigenvalue weighted by Gasteiger charge is 2.17. The molecule has 2 heterocycles. The number of fused-ring (bicyclic) bond motifs is 1. The molecule has 0 bridgehead atoms. The van der Waals surface area contributed by atoms with Crippen molar-refractivity contribution in [2.45, 2.75) is 26.8 Å². The van der Waals surface area contributed by atoms with E-state index in [1.807, 2.05) is 32.0 Å². The van der Waals surface area contributed by atoms with Crippen molar-refractivity contribution < 1.29 is 9.21 Å². The second-order valence-electron chi connectivity index (χ2n) is 5.33. The topological polar surface area (TPSA) is 73.0 Å². The first-order valence-electron chi connectivity index (χ1n) is 7.27. The van der Waals surface area contributed by atoms with Crippen LogP contribution in [0.15, 0.2) is 35.0 Å². The van der Waals surface area contributed by atoms with Gasteiger partial charge in [0.25, 0.3) is 5.91 Å². The van der Waals surface area contributed by atoms with E-state index in [2.05, 4.69) is 15.6 Å². The van der Waals surface area contributed by atoms with Gasteiger partial charge in [-0.1, -0.05) is 17.3 Å². The molecule has 0 aliphatic rings. The zero-order chi connectivity index (χ0) is 15.5. The van der Waals surface area contributed by atoms with Crippen LogP contribution in [0.3, 0.4) is 0 Å². The molecule has 0 aliphatic carbocycles. The van der Waals surface area contributed by atoms with Crippen LogP contribution in [0, 0.1) is 13.8 Å². The zero-order valence-corrected chi connectivity index (χ0v) is 12.7. The first-order chi connectivity index (χ1) is 10.6. The van der Waals surface area contributed by atoms with Gasteiger partial charge in [-0.25, -0.2) is 0 Å². The van der Waals surface area contributed by atoms with Gasteiger partial charge in [-0.05, 0) is 31.9 Å². The largest absolute Gasteiger partial charge is 0.451 e. The molecule has 1 aromatic carbocycles. The summed E-state index contributed by atoms with van der Waals surface area (Å²) in [6.45, 7) is 5.19. The fraction of sp³-hybridized carbons (Fsp3) is 0.312. The number of carbonyl (C=O) groups is 1. The number of aromatic nitrogens is 3. The molecule has 3 rings (SSSR count). The first-order valence-corrected chi connectivity index (χ1v) is 7.27. The molecule has 0 atom stereocenters. The second-order valence-corrected chi connectivity index (χ2v) is 5.33. The Labute approximate surface area is 128 Å². The lowest BCUT2D eigenvalue weighted by Crippen LogP contribution is -2.25. The summed E-state index contributed by atoms with van der Waals surface area (Å²) in [6, 6.07) is 5.96. The summed E-state index contributed by atoms with van der Waals surface area (Å²) in [6.07, 6.45) is 4.22. The standard InChI is InChI=1S/C16H18N4O2/c1-11-4-5-13-12(2)15(22-14(13)10-11)16(21)17-6-3-8-20-9-7-18-19-20/h4-5,7,9-10H,3,6,8H2,1-2H3,(H,17,21). The maximum atomic E-state index is 12.2. The number of nitrogens with zero attached hydrogens (tertiary/aromatic N) is 3. The molecule has 0 fully saturated rings. The maximum absolute atomic E-state index is 12.2. The van der Waals surface area contributed by atoms with Crippen molar-refractivity contribution in [3.8, 4) is 0 Å². The van der Waals surface area contributed by atoms with Crippen molar-refractivity contribution in [3.05, 3.63) is 47.5 Å². The van der Waals surface area contributed by atoms with E-state index in [9.17, 15) is 4.79 Å². The van der Waals surface area contributed by atoms with Gasteiger partial charge in [-0.3, -0.25) is 9.48 Å². The third-order valence-corrected chi connectivity index (χ3v) is 3.62. The summed E-state index contributed by atoms with van der Waals surface area (Å²) in [5, 5.41) is 11.5. The van der Waals surface area contributed by atoms with Crippen LogP contribution in [-0.2, 0) is 6.54 Å². The van der Waals surface area contributed by atoms with Crippen LogP contribution in [0.4, 0.5) is 0 Å². The zero-order valence-electron chi connectivity index (χ0n) is 12.7. The average molecular weight is 298 g/mol. The number of aryl methyl sites for hydroxylation is 3. The summed E-state index contributed by atoms with van der Waals surface area (Å²) in [5.74, 6) is 0.214. The molecule has 0 unspecified atom stereocenters. The monoisotopic (exact) mass is 298 g/mol. The van der Waals surface area contributed by atoms with E-state index in [-0.39, 0.29) is 5.91 Å². The average Bonchev–Trinajstić information content (AvgIpc) is 3.11. The number of hydrogen-bond donors (Lipinski definition) is 1. The quantitative estimate of drug-likeness (QED) is 0.734. The Kier molecular flexibility index (Phi) is 3.91. The third-order valence-electron chi connectivity index (χ3n) is 3.62. The lowest BCUT2D eigenvalue weighted by atomic mass is 10.1. The van der Waals surface area contributed by atoms with Gasteiger partial charge < -0.3 is 9.73 Å². The lowest BCUT2D eigenvalue weighted by molar-refractivity contribution is 0.0926. The van der Waals surface area contributed by atoms with Gasteiger partial charge in [0.15, 0.2) is 5.76 Å². The molecule has 114 valence electrons. The van der Waals surface area contributed by atoms with Gasteiger partial charge in [0.2, 0.25) is 0 Å². The Hall–Kier alpha value is -2.63. The smallest absolute Gasteiger partial charge is 0.287 e. The maximum Gasteiger partial charge on any atom is 0.287 e. The van der Waals surface area contributed by atoms with Crippen LogP contribution in [0.25, 0.3) is 11.0 Å². The highest BCUT2D eigenvalue weighted by Crippen LogP contribution is 2.25. The van der Waals surface area contributed by atoms with E-state index >= 15 is 0 Å². The van der Waals surface area contributed by atoms with Gasteiger partial charge in [-0.15, -0.1) is 5.10 Å². The Bertz CT molecular complexity index is 790. The van der Waals surface area contributed by atoms with Crippen LogP contribution in [0.2, 0.25) is 0 Å². The molecule has 0 spiro atoms. The highest BCUT2D eigenvalue weighted by atomic mass is 16.3. The number of carbonyl (C=O) groups excluding carboxylic acids is 1. The van der Waals surface area contributed by atoms with Crippen LogP contribution in [-0.4, -0.2) is 27.4 Å². The van der Waals surface area contributed by atoms with Gasteiger partial charge in [0.1, 0.15) is 5.58 Å². The van der Waals surface area contributed by atoms with E-state index in [1.54, 1.807) is 17.1 Å². The van der Waals surface area contributed by atoms with Crippen LogP contribution in [0.1, 0.15) is 28.1 Å². The first kappa shape index (κ1) is 14.3. The van der Waals surface area contributed by atoms with E-state index in [0.29, 0.717) is 12.3 Å². The SMILES string of the molecule is Cc1ccc2c(C)c(C(=O)NCCCn3ccnn3)oc2c1. The third kappa shape index (κ3) is 2.86. The van der Waals surface area contributed by atoms with Crippen molar-refractivity contribution in [3.63, 3.8) is 0 Å². The molecule has 0 saturated heterocycles. The fourth-order valence-corrected chi connectivity index (χ4v) is 2.42. The van der Waals surface area contributed by atoms with Crippen LogP contribution < -0.4 is 5.32 Å². The molecule has 2 aromatic heterocycles. The summed E-state index contributed by atoms with van der Waals surface area (Å²) < 4.78 is 7.44. The minimum atomic E-state index is -0.176. The van der Waals surface area contributed by atoms with Crippen molar-refractivity contribution in [2.75, 3.05) is 6.54 Å². The van der Waals surface area contributed by atoms with E-state index in [0.717, 1.165) is 35.1 Å². The number of amides is 1. The second kappa shape index (κ2) is 6.01. The molecular formula is C16H18N4O2. The molecule has 6 nitrogen and oxygen atoms in total. The minimum Gasteiger partial charge on any atom is -0.451 e. The van der Waals surface area contributed by atoms with E-state index in [1.165, 1.54) is 0 Å². The Morgan fingerprint density at radius 1 is 1.36 bits per heavy atom. The molecular weight excluding hydrogens is 280 g/mol. The number of benzene rings is 1. The molecule has 0 aliphatic heterocycles. The number of furan rings is 1. The van der Waals surface area contributed by atoms with Crippen molar-refractivity contribution in [2.24, 2.45) is 0 Å². The predicted octanol–water partition coefficient (Wildman–Crippen LogP) is 2.46. The van der Waals surface area contributed by atoms with Gasteiger partial charge >= 0.3 is 0 Å². The lowest BCUT2D eigenvalue weighted by Gasteiger charge is -2.03. The van der Waals surface area contributed by atoms with Crippen molar-refractivity contribution in [1.82, 2.24) is 20.3 Å². The molecule has 3 aromatic rings. The minimum absolute atomic E-state index is 0.176. The summed E-state index contributed by atoms with van der Waals surface area (Å²) in [7, 11) is 0. The Balaban J connectivity index is 1.63. The molecule has 6 heteroatoms. The van der Waals surface area contributed by atoms with Crippen LogP contribution in [0.5, 0.6) is 0 Å². The molecule has 22 heavy (non-hydrogen) atoms. The highest BCUT2D eigenvalue weighted by molar-refractivity contribution is 5.98. The summed E-state index contributed by atoms with van der Waals surface area (Å²) in [4.78, 5) is 12.2. The van der Waals surface area contributed by atoms with Gasteiger partial charge in [-0.2, -0.15) is 0 Å². The number of nitrogens with one attached hydrogen (secondary N) is 1. The van der Waals surface area contributed by atoms with Crippen LogP contribution >= 0.6 is 0 Å². The molecule has 0 saturated carbocycles. The normalized spacial score (nSPS) is 11.0. The fourth-order valence-electron chi connectivity index (χ4n) is 2.42. The number of rotatable bonds is 5. The van der Waals surface area contributed by atoms with Crippen molar-refractivity contribution in [1.29, 1.82) is 0 Å².